The Morgan fingerprint density at radius 3 is 2.47 bits per heavy atom. The molecule has 0 bridgehead atoms. The maximum Gasteiger partial charge on any atom is 0.511 e. The molecule has 1 aromatic heterocycles. The highest BCUT2D eigenvalue weighted by Crippen LogP contribution is 2.37. The predicted octanol–water partition coefficient (Wildman–Crippen LogP) is 4.23. The van der Waals surface area contributed by atoms with E-state index in [1.807, 2.05) is 30.3 Å². The van der Waals surface area contributed by atoms with Gasteiger partial charge in [0.1, 0.15) is 5.82 Å². The fraction of sp³-hybridized carbons (Fsp3) is 0.348. The van der Waals surface area contributed by atoms with Gasteiger partial charge in [-0.1, -0.05) is 42.5 Å². The van der Waals surface area contributed by atoms with E-state index in [0.717, 1.165) is 5.56 Å². The van der Waals surface area contributed by atoms with Crippen LogP contribution in [0.5, 0.6) is 0 Å². The van der Waals surface area contributed by atoms with Crippen LogP contribution in [-0.2, 0) is 36.6 Å². The summed E-state index contributed by atoms with van der Waals surface area (Å²) in [6.07, 6.45) is 4.11. The summed E-state index contributed by atoms with van der Waals surface area (Å²) in [6.45, 7) is -0.890. The Bertz CT molecular complexity index is 1250. The van der Waals surface area contributed by atoms with Crippen molar-refractivity contribution in [2.45, 2.75) is 37.5 Å². The van der Waals surface area contributed by atoms with Crippen LogP contribution in [0.15, 0.2) is 61.1 Å². The summed E-state index contributed by atoms with van der Waals surface area (Å²) in [4.78, 5) is 5.94. The van der Waals surface area contributed by atoms with Gasteiger partial charge in [-0.3, -0.25) is 0 Å². The molecular formula is C23H24F4N4O2S. The van der Waals surface area contributed by atoms with E-state index >= 15 is 4.39 Å². The lowest BCUT2D eigenvalue weighted by Crippen LogP contribution is -2.47. The van der Waals surface area contributed by atoms with Gasteiger partial charge in [-0.15, -0.1) is 0 Å². The number of aryl methyl sites for hydroxylation is 2. The van der Waals surface area contributed by atoms with Gasteiger partial charge in [0.25, 0.3) is 0 Å². The molecule has 3 aromatic rings. The Kier molecular flexibility index (Phi) is 6.68. The summed E-state index contributed by atoms with van der Waals surface area (Å²) in [5, 5.41) is 0. The molecular weight excluding hydrogens is 472 g/mol. The number of sulfonamides is 1. The van der Waals surface area contributed by atoms with E-state index in [4.69, 9.17) is 0 Å². The highest BCUT2D eigenvalue weighted by atomic mass is 32.2. The zero-order chi connectivity index (χ0) is 24.5. The first-order chi connectivity index (χ1) is 16.1. The third-order valence-corrected chi connectivity index (χ3v) is 7.43. The lowest BCUT2D eigenvalue weighted by atomic mass is 10.0. The summed E-state index contributed by atoms with van der Waals surface area (Å²) in [6, 6.07) is 12.7. The zero-order valence-corrected chi connectivity index (χ0v) is 19.2. The van der Waals surface area contributed by atoms with Gasteiger partial charge in [0.2, 0.25) is 0 Å². The van der Waals surface area contributed by atoms with Crippen molar-refractivity contribution in [3.05, 3.63) is 83.7 Å². The van der Waals surface area contributed by atoms with Gasteiger partial charge in [0.15, 0.2) is 0 Å². The van der Waals surface area contributed by atoms with Crippen molar-refractivity contribution in [1.29, 1.82) is 0 Å². The van der Waals surface area contributed by atoms with Crippen LogP contribution in [0.25, 0.3) is 0 Å². The molecule has 11 heteroatoms. The van der Waals surface area contributed by atoms with E-state index in [2.05, 4.69) is 4.98 Å². The molecule has 1 aliphatic rings. The Morgan fingerprint density at radius 2 is 1.82 bits per heavy atom. The van der Waals surface area contributed by atoms with Gasteiger partial charge < -0.3 is 9.47 Å². The maximum absolute atomic E-state index is 15.1. The molecule has 34 heavy (non-hydrogen) atoms. The number of para-hydroxylation sites is 1. The number of aromatic nitrogens is 2. The Hall–Kier alpha value is -2.92. The first kappa shape index (κ1) is 24.2. The summed E-state index contributed by atoms with van der Waals surface area (Å²) in [7, 11) is -3.85. The van der Waals surface area contributed by atoms with Crippen molar-refractivity contribution in [1.82, 2.24) is 13.9 Å². The maximum atomic E-state index is 15.1. The van der Waals surface area contributed by atoms with Crippen LogP contribution in [0, 0.1) is 5.82 Å². The number of rotatable bonds is 6. The normalized spacial score (nSPS) is 17.4. The highest BCUT2D eigenvalue weighted by Gasteiger charge is 2.51. The van der Waals surface area contributed by atoms with Gasteiger partial charge >= 0.3 is 15.5 Å². The van der Waals surface area contributed by atoms with E-state index in [9.17, 15) is 21.6 Å². The van der Waals surface area contributed by atoms with Crippen LogP contribution in [0.3, 0.4) is 0 Å². The van der Waals surface area contributed by atoms with Crippen LogP contribution in [0.1, 0.15) is 23.2 Å². The van der Waals surface area contributed by atoms with Crippen molar-refractivity contribution in [2.24, 2.45) is 7.05 Å². The lowest BCUT2D eigenvalue weighted by molar-refractivity contribution is -0.0492. The number of hydrogen-bond donors (Lipinski definition) is 0. The highest BCUT2D eigenvalue weighted by molar-refractivity contribution is 7.89. The molecule has 0 spiro atoms. The van der Waals surface area contributed by atoms with E-state index in [1.165, 1.54) is 18.2 Å². The summed E-state index contributed by atoms with van der Waals surface area (Å²) >= 11 is 0. The van der Waals surface area contributed by atoms with Crippen molar-refractivity contribution in [2.75, 3.05) is 11.4 Å². The predicted molar refractivity (Wildman–Crippen MR) is 120 cm³/mol. The second-order valence-electron chi connectivity index (χ2n) is 8.33. The van der Waals surface area contributed by atoms with Crippen molar-refractivity contribution in [3.8, 4) is 0 Å². The number of alkyl halides is 3. The van der Waals surface area contributed by atoms with Gasteiger partial charge in [-0.2, -0.15) is 17.5 Å². The molecule has 6 nitrogen and oxygen atoms in total. The Morgan fingerprint density at radius 1 is 1.09 bits per heavy atom. The molecule has 2 aromatic carbocycles. The molecule has 1 atom stereocenters. The third-order valence-electron chi connectivity index (χ3n) is 5.89. The number of imidazole rings is 1. The molecule has 2 heterocycles. The van der Waals surface area contributed by atoms with Crippen LogP contribution >= 0.6 is 0 Å². The minimum Gasteiger partial charge on any atom is -0.359 e. The minimum atomic E-state index is -5.62. The SMILES string of the molecule is Cn1cnc(CN2c3c(F)cccc3CN(S(=O)(=O)C(F)(F)F)C[C@H]2CCc2ccccc2)c1. The number of benzene rings is 2. The number of hydrogen-bond acceptors (Lipinski definition) is 4. The van der Waals surface area contributed by atoms with Crippen LogP contribution in [0.2, 0.25) is 0 Å². The van der Waals surface area contributed by atoms with Gasteiger partial charge in [-0.05, 0) is 30.0 Å². The van der Waals surface area contributed by atoms with Crippen LogP contribution < -0.4 is 4.90 Å². The number of halogens is 4. The molecule has 0 unspecified atom stereocenters. The number of nitrogens with zero attached hydrogens (tertiary/aromatic N) is 4. The van der Waals surface area contributed by atoms with Gasteiger partial charge in [0.05, 0.1) is 24.3 Å². The van der Waals surface area contributed by atoms with E-state index in [-0.39, 0.29) is 17.8 Å². The molecule has 0 saturated heterocycles. The molecule has 0 aliphatic carbocycles. The smallest absolute Gasteiger partial charge is 0.359 e. The Labute approximate surface area is 195 Å². The topological polar surface area (TPSA) is 58.4 Å². The molecule has 0 saturated carbocycles. The Balaban J connectivity index is 1.78. The molecule has 182 valence electrons. The van der Waals surface area contributed by atoms with E-state index in [1.54, 1.807) is 29.0 Å². The van der Waals surface area contributed by atoms with Gasteiger partial charge in [-0.25, -0.2) is 17.8 Å². The fourth-order valence-electron chi connectivity index (χ4n) is 4.27. The largest absolute Gasteiger partial charge is 0.511 e. The molecule has 0 N–H and O–H groups in total. The second-order valence-corrected chi connectivity index (χ2v) is 10.3. The van der Waals surface area contributed by atoms with Crippen LogP contribution in [0.4, 0.5) is 23.2 Å². The average molecular weight is 497 g/mol. The summed E-state index contributed by atoms with van der Waals surface area (Å²) < 4.78 is 82.6. The standard InChI is InChI=1S/C23H24F4N4O2S/c1-29-13-19(28-16-29)14-31-20(11-10-17-6-3-2-4-7-17)15-30(34(32,33)23(25,26)27)12-18-8-5-9-21(24)22(18)31/h2-9,13,16,20H,10-12,14-15H2,1H3/t20-/m1/s1. The molecule has 0 radical (unpaired) electrons. The first-order valence-electron chi connectivity index (χ1n) is 10.7. The average Bonchev–Trinajstić information content (AvgIpc) is 3.11. The van der Waals surface area contributed by atoms with Gasteiger partial charge in [0, 0.05) is 32.4 Å². The van der Waals surface area contributed by atoms with Crippen molar-refractivity contribution >= 4 is 15.7 Å². The van der Waals surface area contributed by atoms with Crippen molar-refractivity contribution in [3.63, 3.8) is 0 Å². The summed E-state index contributed by atoms with van der Waals surface area (Å²) in [5.74, 6) is -0.621. The lowest BCUT2D eigenvalue weighted by Gasteiger charge is -2.34. The minimum absolute atomic E-state index is 0.103. The number of fused-ring (bicyclic) bond motifs is 1. The molecule has 0 amide bonds. The van der Waals surface area contributed by atoms with E-state index < -0.39 is 40.5 Å². The fourth-order valence-corrected chi connectivity index (χ4v) is 5.24. The molecule has 1 aliphatic heterocycles. The molecule has 0 fully saturated rings. The number of anilines is 1. The molecule has 4 rings (SSSR count). The summed E-state index contributed by atoms with van der Waals surface area (Å²) in [5.41, 5.74) is -3.64. The van der Waals surface area contributed by atoms with E-state index in [0.29, 0.717) is 22.8 Å². The van der Waals surface area contributed by atoms with Crippen LogP contribution in [-0.4, -0.2) is 40.4 Å². The monoisotopic (exact) mass is 496 g/mol. The zero-order valence-electron chi connectivity index (χ0n) is 18.4. The van der Waals surface area contributed by atoms with Crippen molar-refractivity contribution < 1.29 is 26.0 Å². The quantitative estimate of drug-likeness (QED) is 0.480. The second kappa shape index (κ2) is 9.38. The first-order valence-corrected chi connectivity index (χ1v) is 12.1. The third kappa shape index (κ3) is 4.95.